The molecule has 0 heterocycles. The fraction of sp³-hybridized carbons (Fsp3) is 0.467. The Morgan fingerprint density at radius 1 is 1.10 bits per heavy atom. The molecule has 0 spiro atoms. The highest BCUT2D eigenvalue weighted by atomic mass is 19.1. The van der Waals surface area contributed by atoms with Gasteiger partial charge in [0.05, 0.1) is 5.56 Å². The van der Waals surface area contributed by atoms with Crippen molar-refractivity contribution in [3.05, 3.63) is 35.4 Å². The maximum atomic E-state index is 13.3. The molecule has 2 N–H and O–H groups in total. The summed E-state index contributed by atoms with van der Waals surface area (Å²) in [5, 5.41) is 5.27. The van der Waals surface area contributed by atoms with Gasteiger partial charge < -0.3 is 10.6 Å². The molecule has 0 radical (unpaired) electrons. The van der Waals surface area contributed by atoms with Gasteiger partial charge >= 0.3 is 0 Å². The van der Waals surface area contributed by atoms with Gasteiger partial charge in [0, 0.05) is 25.6 Å². The first-order valence-corrected chi connectivity index (χ1v) is 7.04. The molecule has 116 valence electrons. The van der Waals surface area contributed by atoms with E-state index in [2.05, 4.69) is 10.6 Å². The molecule has 2 amide bonds. The van der Waals surface area contributed by atoms with Crippen LogP contribution in [0.15, 0.2) is 18.2 Å². The lowest BCUT2D eigenvalue weighted by Gasteiger charge is -2.07. The largest absolute Gasteiger partial charge is 0.356 e. The average molecular weight is 298 g/mol. The normalized spacial score (nSPS) is 10.2. The predicted octanol–water partition coefficient (Wildman–Crippen LogP) is 2.39. The van der Waals surface area contributed by atoms with Crippen LogP contribution in [0.3, 0.4) is 0 Å². The van der Waals surface area contributed by atoms with E-state index in [1.54, 1.807) is 0 Å². The van der Waals surface area contributed by atoms with Crippen LogP contribution in [-0.4, -0.2) is 24.9 Å². The SMILES string of the molecule is CCCCNC(=O)CCCNC(=O)c1ccc(F)cc1F. The van der Waals surface area contributed by atoms with Gasteiger partial charge in [-0.1, -0.05) is 13.3 Å². The van der Waals surface area contributed by atoms with Crippen LogP contribution in [-0.2, 0) is 4.79 Å². The van der Waals surface area contributed by atoms with Gasteiger partial charge in [-0.05, 0) is 25.0 Å². The van der Waals surface area contributed by atoms with Crippen molar-refractivity contribution >= 4 is 11.8 Å². The third-order valence-electron chi connectivity index (χ3n) is 2.89. The number of nitrogens with one attached hydrogen (secondary N) is 2. The number of carbonyl (C=O) groups excluding carboxylic acids is 2. The number of benzene rings is 1. The summed E-state index contributed by atoms with van der Waals surface area (Å²) < 4.78 is 26.1. The maximum Gasteiger partial charge on any atom is 0.254 e. The molecule has 0 saturated carbocycles. The van der Waals surface area contributed by atoms with Gasteiger partial charge in [-0.15, -0.1) is 0 Å². The molecule has 0 aliphatic heterocycles. The van der Waals surface area contributed by atoms with E-state index >= 15 is 0 Å². The Morgan fingerprint density at radius 2 is 1.81 bits per heavy atom. The van der Waals surface area contributed by atoms with Gasteiger partial charge in [-0.3, -0.25) is 9.59 Å². The van der Waals surface area contributed by atoms with Crippen molar-refractivity contribution in [2.75, 3.05) is 13.1 Å². The molecular formula is C15H20F2N2O2. The van der Waals surface area contributed by atoms with Crippen molar-refractivity contribution < 1.29 is 18.4 Å². The lowest BCUT2D eigenvalue weighted by Crippen LogP contribution is -2.28. The average Bonchev–Trinajstić information content (AvgIpc) is 2.43. The third-order valence-corrected chi connectivity index (χ3v) is 2.89. The van der Waals surface area contributed by atoms with Crippen molar-refractivity contribution in [1.82, 2.24) is 10.6 Å². The van der Waals surface area contributed by atoms with Crippen LogP contribution in [0.5, 0.6) is 0 Å². The molecule has 0 aliphatic carbocycles. The first kappa shape index (κ1) is 17.1. The highest BCUT2D eigenvalue weighted by molar-refractivity contribution is 5.94. The van der Waals surface area contributed by atoms with Gasteiger partial charge in [-0.2, -0.15) is 0 Å². The van der Waals surface area contributed by atoms with Gasteiger partial charge in [0.15, 0.2) is 0 Å². The molecule has 0 fully saturated rings. The van der Waals surface area contributed by atoms with E-state index < -0.39 is 17.5 Å². The van der Waals surface area contributed by atoms with Crippen LogP contribution in [0.25, 0.3) is 0 Å². The summed E-state index contributed by atoms with van der Waals surface area (Å²) in [4.78, 5) is 23.1. The Balaban J connectivity index is 2.26. The Labute approximate surface area is 122 Å². The molecule has 0 bridgehead atoms. The summed E-state index contributed by atoms with van der Waals surface area (Å²) in [7, 11) is 0. The summed E-state index contributed by atoms with van der Waals surface area (Å²) in [5.41, 5.74) is -0.205. The smallest absolute Gasteiger partial charge is 0.254 e. The van der Waals surface area contributed by atoms with Crippen molar-refractivity contribution in [3.63, 3.8) is 0 Å². The molecule has 0 atom stereocenters. The van der Waals surface area contributed by atoms with E-state index in [1.165, 1.54) is 0 Å². The van der Waals surface area contributed by atoms with Crippen LogP contribution in [0.4, 0.5) is 8.78 Å². The van der Waals surface area contributed by atoms with E-state index in [4.69, 9.17) is 0 Å². The van der Waals surface area contributed by atoms with Crippen molar-refractivity contribution in [2.24, 2.45) is 0 Å². The minimum absolute atomic E-state index is 0.0642. The van der Waals surface area contributed by atoms with Crippen molar-refractivity contribution in [3.8, 4) is 0 Å². The second kappa shape index (κ2) is 9.05. The first-order chi connectivity index (χ1) is 10.0. The molecule has 0 aromatic heterocycles. The van der Waals surface area contributed by atoms with E-state index in [-0.39, 0.29) is 18.0 Å². The van der Waals surface area contributed by atoms with E-state index in [0.717, 1.165) is 25.0 Å². The zero-order valence-corrected chi connectivity index (χ0v) is 12.0. The number of unbranched alkanes of at least 4 members (excludes halogenated alkanes) is 1. The maximum absolute atomic E-state index is 13.3. The van der Waals surface area contributed by atoms with Crippen LogP contribution >= 0.6 is 0 Å². The third kappa shape index (κ3) is 6.33. The van der Waals surface area contributed by atoms with Crippen molar-refractivity contribution in [2.45, 2.75) is 32.6 Å². The zero-order valence-electron chi connectivity index (χ0n) is 12.0. The van der Waals surface area contributed by atoms with Crippen LogP contribution < -0.4 is 10.6 Å². The quantitative estimate of drug-likeness (QED) is 0.724. The fourth-order valence-corrected chi connectivity index (χ4v) is 1.71. The molecule has 1 aromatic rings. The summed E-state index contributed by atoms with van der Waals surface area (Å²) in [6.45, 7) is 2.95. The molecule has 4 nitrogen and oxygen atoms in total. The molecule has 1 aromatic carbocycles. The zero-order chi connectivity index (χ0) is 15.7. The summed E-state index contributed by atoms with van der Waals surface area (Å²) in [6, 6.07) is 2.78. The molecule has 0 saturated heterocycles. The number of hydrogen-bond donors (Lipinski definition) is 2. The van der Waals surface area contributed by atoms with Gasteiger partial charge in [0.1, 0.15) is 11.6 Å². The second-order valence-electron chi connectivity index (χ2n) is 4.69. The van der Waals surface area contributed by atoms with Gasteiger partial charge in [-0.25, -0.2) is 8.78 Å². The molecule has 1 rings (SSSR count). The topological polar surface area (TPSA) is 58.2 Å². The highest BCUT2D eigenvalue weighted by Crippen LogP contribution is 2.09. The number of halogens is 2. The first-order valence-electron chi connectivity index (χ1n) is 7.04. The van der Waals surface area contributed by atoms with E-state index in [0.29, 0.717) is 25.5 Å². The molecule has 6 heteroatoms. The van der Waals surface area contributed by atoms with Gasteiger partial charge in [0.2, 0.25) is 5.91 Å². The Kier molecular flexibility index (Phi) is 7.36. The number of amides is 2. The predicted molar refractivity (Wildman–Crippen MR) is 75.8 cm³/mol. The Hall–Kier alpha value is -1.98. The standard InChI is InChI=1S/C15H20F2N2O2/c1-2-3-8-18-14(20)5-4-9-19-15(21)12-7-6-11(16)10-13(12)17/h6-7,10H,2-5,8-9H2,1H3,(H,18,20)(H,19,21). The number of carbonyl (C=O) groups is 2. The monoisotopic (exact) mass is 298 g/mol. The molecule has 0 aliphatic rings. The Morgan fingerprint density at radius 3 is 2.48 bits per heavy atom. The lowest BCUT2D eigenvalue weighted by molar-refractivity contribution is -0.121. The summed E-state index contributed by atoms with van der Waals surface area (Å²) in [6.07, 6.45) is 2.72. The minimum atomic E-state index is -0.898. The van der Waals surface area contributed by atoms with Crippen LogP contribution in [0.2, 0.25) is 0 Å². The fourth-order valence-electron chi connectivity index (χ4n) is 1.71. The molecule has 21 heavy (non-hydrogen) atoms. The summed E-state index contributed by atoms with van der Waals surface area (Å²) >= 11 is 0. The molecular weight excluding hydrogens is 278 g/mol. The minimum Gasteiger partial charge on any atom is -0.356 e. The van der Waals surface area contributed by atoms with Crippen LogP contribution in [0, 0.1) is 11.6 Å². The highest BCUT2D eigenvalue weighted by Gasteiger charge is 2.11. The lowest BCUT2D eigenvalue weighted by atomic mass is 10.2. The van der Waals surface area contributed by atoms with E-state index in [9.17, 15) is 18.4 Å². The van der Waals surface area contributed by atoms with Crippen molar-refractivity contribution in [1.29, 1.82) is 0 Å². The van der Waals surface area contributed by atoms with Gasteiger partial charge in [0.25, 0.3) is 5.91 Å². The second-order valence-corrected chi connectivity index (χ2v) is 4.69. The molecule has 0 unspecified atom stereocenters. The van der Waals surface area contributed by atoms with E-state index in [1.807, 2.05) is 6.92 Å². The Bertz CT molecular complexity index is 493. The number of rotatable bonds is 8. The van der Waals surface area contributed by atoms with Crippen LogP contribution in [0.1, 0.15) is 43.0 Å². The summed E-state index contributed by atoms with van der Waals surface area (Å²) in [5.74, 6) is -2.30. The number of hydrogen-bond acceptors (Lipinski definition) is 2.